The zero-order chi connectivity index (χ0) is 15.3. The van der Waals surface area contributed by atoms with Crippen molar-refractivity contribution in [3.63, 3.8) is 0 Å². The SMILES string of the molecule is Cc1cccc(C)c1NC(=O)C(C)N(CO)C(C)CO. The largest absolute Gasteiger partial charge is 0.395 e. The number of para-hydroxylation sites is 1. The number of carbonyl (C=O) groups is 1. The summed E-state index contributed by atoms with van der Waals surface area (Å²) >= 11 is 0. The Morgan fingerprint density at radius 2 is 1.80 bits per heavy atom. The van der Waals surface area contributed by atoms with E-state index in [2.05, 4.69) is 5.32 Å². The Bertz CT molecular complexity index is 442. The Kier molecular flexibility index (Phi) is 6.13. The van der Waals surface area contributed by atoms with Crippen molar-refractivity contribution >= 4 is 11.6 Å². The van der Waals surface area contributed by atoms with Gasteiger partial charge in [-0.25, -0.2) is 0 Å². The fourth-order valence-electron chi connectivity index (χ4n) is 2.14. The fourth-order valence-corrected chi connectivity index (χ4v) is 2.14. The van der Waals surface area contributed by atoms with Gasteiger partial charge in [-0.3, -0.25) is 9.69 Å². The molecule has 1 aromatic rings. The molecule has 20 heavy (non-hydrogen) atoms. The highest BCUT2D eigenvalue weighted by Crippen LogP contribution is 2.20. The smallest absolute Gasteiger partial charge is 0.241 e. The molecule has 0 aliphatic heterocycles. The Balaban J connectivity index is 2.85. The number of aryl methyl sites for hydroxylation is 2. The van der Waals surface area contributed by atoms with Gasteiger partial charge in [0.25, 0.3) is 0 Å². The third-order valence-corrected chi connectivity index (χ3v) is 3.60. The molecule has 5 heteroatoms. The maximum absolute atomic E-state index is 12.3. The van der Waals surface area contributed by atoms with E-state index in [1.807, 2.05) is 32.0 Å². The Hall–Kier alpha value is -1.43. The van der Waals surface area contributed by atoms with Crippen LogP contribution in [0, 0.1) is 13.8 Å². The van der Waals surface area contributed by atoms with Gasteiger partial charge < -0.3 is 15.5 Å². The van der Waals surface area contributed by atoms with E-state index in [9.17, 15) is 9.90 Å². The molecule has 0 saturated heterocycles. The van der Waals surface area contributed by atoms with Crippen LogP contribution in [-0.2, 0) is 4.79 Å². The molecule has 2 unspecified atom stereocenters. The van der Waals surface area contributed by atoms with Crippen LogP contribution in [0.2, 0.25) is 0 Å². The van der Waals surface area contributed by atoms with Crippen LogP contribution >= 0.6 is 0 Å². The van der Waals surface area contributed by atoms with Crippen LogP contribution < -0.4 is 5.32 Å². The van der Waals surface area contributed by atoms with Gasteiger partial charge in [0.2, 0.25) is 5.91 Å². The highest BCUT2D eigenvalue weighted by Gasteiger charge is 2.25. The van der Waals surface area contributed by atoms with Crippen molar-refractivity contribution in [2.45, 2.75) is 39.8 Å². The van der Waals surface area contributed by atoms with Gasteiger partial charge >= 0.3 is 0 Å². The molecule has 0 aliphatic carbocycles. The molecule has 0 aliphatic rings. The first kappa shape index (κ1) is 16.6. The van der Waals surface area contributed by atoms with Crippen molar-refractivity contribution in [1.82, 2.24) is 4.90 Å². The molecule has 0 saturated carbocycles. The molecule has 2 atom stereocenters. The van der Waals surface area contributed by atoms with E-state index in [0.717, 1.165) is 16.8 Å². The van der Waals surface area contributed by atoms with Crippen LogP contribution in [0.15, 0.2) is 18.2 Å². The summed E-state index contributed by atoms with van der Waals surface area (Å²) in [7, 11) is 0. The lowest BCUT2D eigenvalue weighted by Gasteiger charge is -2.30. The molecule has 5 nitrogen and oxygen atoms in total. The summed E-state index contributed by atoms with van der Waals surface area (Å²) in [4.78, 5) is 13.8. The minimum absolute atomic E-state index is 0.110. The summed E-state index contributed by atoms with van der Waals surface area (Å²) in [5.41, 5.74) is 2.80. The second kappa shape index (κ2) is 7.38. The lowest BCUT2D eigenvalue weighted by atomic mass is 10.1. The fraction of sp³-hybridized carbons (Fsp3) is 0.533. The van der Waals surface area contributed by atoms with E-state index in [1.165, 1.54) is 0 Å². The molecule has 3 N–H and O–H groups in total. The average molecular weight is 280 g/mol. The number of nitrogens with one attached hydrogen (secondary N) is 1. The summed E-state index contributed by atoms with van der Waals surface area (Å²) in [5, 5.41) is 21.4. The van der Waals surface area contributed by atoms with Crippen molar-refractivity contribution < 1.29 is 15.0 Å². The predicted molar refractivity (Wildman–Crippen MR) is 79.5 cm³/mol. The maximum atomic E-state index is 12.3. The van der Waals surface area contributed by atoms with Crippen LogP contribution in [0.25, 0.3) is 0 Å². The van der Waals surface area contributed by atoms with Crippen molar-refractivity contribution in [3.8, 4) is 0 Å². The minimum atomic E-state index is -0.527. The summed E-state index contributed by atoms with van der Waals surface area (Å²) < 4.78 is 0. The van der Waals surface area contributed by atoms with Crippen molar-refractivity contribution in [1.29, 1.82) is 0 Å². The van der Waals surface area contributed by atoms with Gasteiger partial charge in [-0.1, -0.05) is 18.2 Å². The van der Waals surface area contributed by atoms with Gasteiger partial charge in [-0.2, -0.15) is 0 Å². The third-order valence-electron chi connectivity index (χ3n) is 3.60. The Morgan fingerprint density at radius 1 is 1.25 bits per heavy atom. The summed E-state index contributed by atoms with van der Waals surface area (Å²) in [6, 6.07) is 5.01. The zero-order valence-electron chi connectivity index (χ0n) is 12.6. The van der Waals surface area contributed by atoms with Crippen molar-refractivity contribution in [3.05, 3.63) is 29.3 Å². The zero-order valence-corrected chi connectivity index (χ0v) is 12.6. The highest BCUT2D eigenvalue weighted by molar-refractivity contribution is 5.95. The lowest BCUT2D eigenvalue weighted by Crippen LogP contribution is -2.48. The van der Waals surface area contributed by atoms with Gasteiger partial charge in [-0.05, 0) is 38.8 Å². The average Bonchev–Trinajstić information content (AvgIpc) is 2.43. The van der Waals surface area contributed by atoms with E-state index < -0.39 is 6.04 Å². The van der Waals surface area contributed by atoms with Gasteiger partial charge in [0, 0.05) is 11.7 Å². The van der Waals surface area contributed by atoms with Gasteiger partial charge in [0.15, 0.2) is 0 Å². The number of hydrogen-bond donors (Lipinski definition) is 3. The molecule has 1 aromatic carbocycles. The van der Waals surface area contributed by atoms with Crippen LogP contribution in [0.3, 0.4) is 0 Å². The quantitative estimate of drug-likeness (QED) is 0.686. The number of aliphatic hydroxyl groups excluding tert-OH is 2. The normalized spacial score (nSPS) is 14.2. The van der Waals surface area contributed by atoms with Gasteiger partial charge in [0.05, 0.1) is 19.4 Å². The first-order chi connectivity index (χ1) is 9.42. The molecule has 0 bridgehead atoms. The molecule has 0 aromatic heterocycles. The summed E-state index contributed by atoms with van der Waals surface area (Å²) in [6.45, 7) is 6.97. The lowest BCUT2D eigenvalue weighted by molar-refractivity contribution is -0.124. The summed E-state index contributed by atoms with van der Waals surface area (Å²) in [5.74, 6) is -0.197. The van der Waals surface area contributed by atoms with E-state index in [1.54, 1.807) is 18.7 Å². The van der Waals surface area contributed by atoms with Crippen molar-refractivity contribution in [2.24, 2.45) is 0 Å². The highest BCUT2D eigenvalue weighted by atomic mass is 16.3. The monoisotopic (exact) mass is 280 g/mol. The third kappa shape index (κ3) is 3.79. The van der Waals surface area contributed by atoms with Crippen LogP contribution in [-0.4, -0.2) is 46.4 Å². The predicted octanol–water partition coefficient (Wildman–Crippen LogP) is 1.26. The number of anilines is 1. The Labute approximate surface area is 120 Å². The van der Waals surface area contributed by atoms with Crippen LogP contribution in [0.5, 0.6) is 0 Å². The molecular formula is C15H24N2O3. The minimum Gasteiger partial charge on any atom is -0.395 e. The molecule has 112 valence electrons. The van der Waals surface area contributed by atoms with Crippen molar-refractivity contribution in [2.75, 3.05) is 18.7 Å². The first-order valence-corrected chi connectivity index (χ1v) is 6.76. The van der Waals surface area contributed by atoms with Gasteiger partial charge in [-0.15, -0.1) is 0 Å². The molecular weight excluding hydrogens is 256 g/mol. The summed E-state index contributed by atoms with van der Waals surface area (Å²) in [6.07, 6.45) is 0. The second-order valence-corrected chi connectivity index (χ2v) is 5.12. The maximum Gasteiger partial charge on any atom is 0.241 e. The first-order valence-electron chi connectivity index (χ1n) is 6.76. The molecule has 0 fully saturated rings. The van der Waals surface area contributed by atoms with Gasteiger partial charge in [0.1, 0.15) is 0 Å². The topological polar surface area (TPSA) is 72.8 Å². The van der Waals surface area contributed by atoms with E-state index >= 15 is 0 Å². The standard InChI is InChI=1S/C15H24N2O3/c1-10-6-5-7-11(2)14(10)16-15(20)13(4)17(9-19)12(3)8-18/h5-7,12-13,18-19H,8-9H2,1-4H3,(H,16,20). The Morgan fingerprint density at radius 3 is 2.25 bits per heavy atom. The molecule has 1 amide bonds. The van der Waals surface area contributed by atoms with E-state index in [-0.39, 0.29) is 25.3 Å². The molecule has 1 rings (SSSR count). The second-order valence-electron chi connectivity index (χ2n) is 5.12. The number of benzene rings is 1. The number of carbonyl (C=O) groups excluding carboxylic acids is 1. The number of rotatable bonds is 6. The van der Waals surface area contributed by atoms with E-state index in [0.29, 0.717) is 0 Å². The molecule has 0 radical (unpaired) electrons. The van der Waals surface area contributed by atoms with Crippen LogP contribution in [0.1, 0.15) is 25.0 Å². The number of aliphatic hydroxyl groups is 2. The van der Waals surface area contributed by atoms with E-state index in [4.69, 9.17) is 5.11 Å². The molecule has 0 spiro atoms. The van der Waals surface area contributed by atoms with Crippen LogP contribution in [0.4, 0.5) is 5.69 Å². The number of hydrogen-bond acceptors (Lipinski definition) is 4. The number of amides is 1. The number of nitrogens with zero attached hydrogens (tertiary/aromatic N) is 1. The molecule has 0 heterocycles.